The smallest absolute Gasteiger partial charge is 0.294 e. The highest BCUT2D eigenvalue weighted by atomic mass is 32.2. The first-order valence-electron chi connectivity index (χ1n) is 7.57. The van der Waals surface area contributed by atoms with Gasteiger partial charge in [0.15, 0.2) is 5.78 Å². The normalized spacial score (nSPS) is 11.4. The van der Waals surface area contributed by atoms with Crippen molar-refractivity contribution in [3.63, 3.8) is 0 Å². The molecule has 0 saturated carbocycles. The molecule has 0 atom stereocenters. The van der Waals surface area contributed by atoms with Gasteiger partial charge in [0.25, 0.3) is 16.0 Å². The van der Waals surface area contributed by atoms with Crippen LogP contribution in [0, 0.1) is 11.3 Å². The van der Waals surface area contributed by atoms with Gasteiger partial charge in [0.05, 0.1) is 4.90 Å². The van der Waals surface area contributed by atoms with E-state index in [1.165, 1.54) is 37.4 Å². The van der Waals surface area contributed by atoms with Crippen LogP contribution in [0.3, 0.4) is 0 Å². The molecule has 8 nitrogen and oxygen atoms in total. The summed E-state index contributed by atoms with van der Waals surface area (Å²) in [4.78, 5) is 23.1. The van der Waals surface area contributed by atoms with E-state index < -0.39 is 16.0 Å². The summed E-state index contributed by atoms with van der Waals surface area (Å²) < 4.78 is 30.9. The van der Waals surface area contributed by atoms with E-state index in [-0.39, 0.29) is 16.3 Å². The Morgan fingerprint density at radius 2 is 1.59 bits per heavy atom. The molecule has 138 valence electrons. The quantitative estimate of drug-likeness (QED) is 0.301. The van der Waals surface area contributed by atoms with E-state index in [1.807, 2.05) is 0 Å². The van der Waals surface area contributed by atoms with Gasteiger partial charge in [-0.25, -0.2) is 0 Å². The zero-order valence-corrected chi connectivity index (χ0v) is 14.9. The van der Waals surface area contributed by atoms with Crippen LogP contribution < -0.4 is 10.6 Å². The van der Waals surface area contributed by atoms with Gasteiger partial charge in [-0.15, -0.1) is 0 Å². The van der Waals surface area contributed by atoms with Gasteiger partial charge in [-0.3, -0.25) is 14.1 Å². The summed E-state index contributed by atoms with van der Waals surface area (Å²) in [6.45, 7) is 1.43. The Bertz CT molecular complexity index is 1030. The van der Waals surface area contributed by atoms with Crippen LogP contribution in [0.4, 0.5) is 11.4 Å². The van der Waals surface area contributed by atoms with Crippen LogP contribution in [0.2, 0.25) is 0 Å². The molecule has 0 aliphatic rings. The van der Waals surface area contributed by atoms with Gasteiger partial charge in [-0.05, 0) is 55.5 Å². The molecule has 0 spiro atoms. The van der Waals surface area contributed by atoms with Gasteiger partial charge in [-0.2, -0.15) is 13.7 Å². The summed E-state index contributed by atoms with van der Waals surface area (Å²) in [7, 11) is -4.29. The van der Waals surface area contributed by atoms with Crippen molar-refractivity contribution >= 4 is 33.2 Å². The third kappa shape index (κ3) is 5.50. The van der Waals surface area contributed by atoms with Crippen LogP contribution in [0.15, 0.2) is 65.2 Å². The van der Waals surface area contributed by atoms with Crippen LogP contribution in [0.25, 0.3) is 0 Å². The predicted octanol–water partition coefficient (Wildman–Crippen LogP) is 2.59. The van der Waals surface area contributed by atoms with E-state index in [2.05, 4.69) is 10.6 Å². The Kier molecular flexibility index (Phi) is 6.07. The first-order valence-corrected chi connectivity index (χ1v) is 9.01. The second kappa shape index (κ2) is 8.27. The Morgan fingerprint density at radius 1 is 1.04 bits per heavy atom. The minimum absolute atomic E-state index is 0.102. The summed E-state index contributed by atoms with van der Waals surface area (Å²) in [5.74, 6) is -0.759. The molecule has 9 heteroatoms. The predicted molar refractivity (Wildman–Crippen MR) is 98.7 cm³/mol. The fourth-order valence-corrected chi connectivity index (χ4v) is 2.49. The molecule has 0 bridgehead atoms. The van der Waals surface area contributed by atoms with E-state index in [0.29, 0.717) is 16.9 Å². The molecule has 0 unspecified atom stereocenters. The average molecular weight is 385 g/mol. The molecule has 0 radical (unpaired) electrons. The van der Waals surface area contributed by atoms with E-state index in [4.69, 9.17) is 9.81 Å². The standard InChI is InChI=1S/C18H15N3O5S/c1-12(22)13-2-4-16(5-3-13)21-18(23)14(10-19)11-20-15-6-8-17(9-7-15)27(24,25)26/h2-9,11,20H,1H3,(H,21,23)(H,24,25,26)/b14-11-. The molecule has 0 aliphatic heterocycles. The van der Waals surface area contributed by atoms with Crippen LogP contribution in [-0.4, -0.2) is 24.7 Å². The van der Waals surface area contributed by atoms with Gasteiger partial charge < -0.3 is 10.6 Å². The number of nitrogens with zero attached hydrogens (tertiary/aromatic N) is 1. The average Bonchev–Trinajstić information content (AvgIpc) is 2.62. The first kappa shape index (κ1) is 19.8. The number of nitriles is 1. The Morgan fingerprint density at radius 3 is 2.07 bits per heavy atom. The number of rotatable bonds is 6. The molecule has 2 aromatic carbocycles. The van der Waals surface area contributed by atoms with E-state index >= 15 is 0 Å². The molecule has 27 heavy (non-hydrogen) atoms. The third-order valence-corrected chi connectivity index (χ3v) is 4.32. The summed E-state index contributed by atoms with van der Waals surface area (Å²) in [6.07, 6.45) is 1.17. The van der Waals surface area contributed by atoms with Gasteiger partial charge in [-0.1, -0.05) is 0 Å². The van der Waals surface area contributed by atoms with Gasteiger partial charge in [0.2, 0.25) is 0 Å². The topological polar surface area (TPSA) is 136 Å². The zero-order chi connectivity index (χ0) is 20.0. The molecule has 0 aliphatic carbocycles. The molecule has 0 heterocycles. The van der Waals surface area contributed by atoms with E-state index in [9.17, 15) is 18.0 Å². The Balaban J connectivity index is 2.07. The Hall–Kier alpha value is -3.48. The minimum Gasteiger partial charge on any atom is -0.360 e. The summed E-state index contributed by atoms with van der Waals surface area (Å²) >= 11 is 0. The highest BCUT2D eigenvalue weighted by Gasteiger charge is 2.11. The van der Waals surface area contributed by atoms with E-state index in [1.54, 1.807) is 30.3 Å². The summed E-state index contributed by atoms with van der Waals surface area (Å²) in [5.41, 5.74) is 1.11. The van der Waals surface area contributed by atoms with Crippen molar-refractivity contribution in [2.75, 3.05) is 10.6 Å². The number of carbonyl (C=O) groups is 2. The molecule has 0 aromatic heterocycles. The number of carbonyl (C=O) groups excluding carboxylic acids is 2. The van der Waals surface area contributed by atoms with Crippen molar-refractivity contribution in [1.29, 1.82) is 5.26 Å². The van der Waals surface area contributed by atoms with Gasteiger partial charge in [0, 0.05) is 23.1 Å². The number of hydrogen-bond donors (Lipinski definition) is 3. The van der Waals surface area contributed by atoms with Crippen molar-refractivity contribution in [3.8, 4) is 6.07 Å². The monoisotopic (exact) mass is 385 g/mol. The number of anilines is 2. The van der Waals surface area contributed by atoms with Crippen molar-refractivity contribution in [1.82, 2.24) is 0 Å². The summed E-state index contributed by atoms with van der Waals surface area (Å²) in [6, 6.07) is 13.0. The van der Waals surface area contributed by atoms with Crippen molar-refractivity contribution in [2.24, 2.45) is 0 Å². The number of hydrogen-bond acceptors (Lipinski definition) is 6. The van der Waals surface area contributed by atoms with Crippen molar-refractivity contribution < 1.29 is 22.6 Å². The molecule has 0 fully saturated rings. The number of Topliss-reactive ketones (excluding diaryl/α,β-unsaturated/α-hetero) is 1. The van der Waals surface area contributed by atoms with Crippen molar-refractivity contribution in [3.05, 3.63) is 65.9 Å². The number of nitrogens with one attached hydrogen (secondary N) is 2. The number of ketones is 1. The SMILES string of the molecule is CC(=O)c1ccc(NC(=O)/C(C#N)=C\Nc2ccc(S(=O)(=O)O)cc2)cc1. The maximum atomic E-state index is 12.1. The molecule has 1 amide bonds. The van der Waals surface area contributed by atoms with Crippen LogP contribution in [-0.2, 0) is 14.9 Å². The molecular formula is C18H15N3O5S. The fraction of sp³-hybridized carbons (Fsp3) is 0.0556. The lowest BCUT2D eigenvalue weighted by atomic mass is 10.1. The van der Waals surface area contributed by atoms with Crippen LogP contribution in [0.5, 0.6) is 0 Å². The lowest BCUT2D eigenvalue weighted by Gasteiger charge is -2.06. The minimum atomic E-state index is -4.29. The lowest BCUT2D eigenvalue weighted by Crippen LogP contribution is -2.14. The van der Waals surface area contributed by atoms with Gasteiger partial charge in [0.1, 0.15) is 11.6 Å². The molecular weight excluding hydrogens is 370 g/mol. The molecule has 2 rings (SSSR count). The Labute approximate surface area is 155 Å². The molecule has 2 aromatic rings. The maximum Gasteiger partial charge on any atom is 0.294 e. The lowest BCUT2D eigenvalue weighted by molar-refractivity contribution is -0.112. The third-order valence-electron chi connectivity index (χ3n) is 3.45. The molecule has 0 saturated heterocycles. The highest BCUT2D eigenvalue weighted by molar-refractivity contribution is 7.85. The molecule has 3 N–H and O–H groups in total. The zero-order valence-electron chi connectivity index (χ0n) is 14.1. The first-order chi connectivity index (χ1) is 12.7. The number of amides is 1. The fourth-order valence-electron chi connectivity index (χ4n) is 2.01. The van der Waals surface area contributed by atoms with Crippen molar-refractivity contribution in [2.45, 2.75) is 11.8 Å². The van der Waals surface area contributed by atoms with E-state index in [0.717, 1.165) is 0 Å². The number of benzene rings is 2. The summed E-state index contributed by atoms with van der Waals surface area (Å²) in [5, 5.41) is 14.4. The largest absolute Gasteiger partial charge is 0.360 e. The van der Waals surface area contributed by atoms with Crippen LogP contribution in [0.1, 0.15) is 17.3 Å². The van der Waals surface area contributed by atoms with Gasteiger partial charge >= 0.3 is 0 Å². The second-order valence-electron chi connectivity index (χ2n) is 5.40. The second-order valence-corrected chi connectivity index (χ2v) is 6.82. The maximum absolute atomic E-state index is 12.1. The highest BCUT2D eigenvalue weighted by Crippen LogP contribution is 2.15. The van der Waals surface area contributed by atoms with Crippen LogP contribution >= 0.6 is 0 Å².